The lowest BCUT2D eigenvalue weighted by atomic mass is 9.93. The molecule has 3 aromatic heterocycles. The fourth-order valence-corrected chi connectivity index (χ4v) is 5.67. The number of rotatable bonds is 5. The van der Waals surface area contributed by atoms with Crippen molar-refractivity contribution in [3.05, 3.63) is 82.1 Å². The molecule has 0 saturated carbocycles. The third-order valence-corrected chi connectivity index (χ3v) is 7.12. The van der Waals surface area contributed by atoms with Crippen LogP contribution in [0.4, 0.5) is 0 Å². The molecule has 0 atom stereocenters. The molecule has 1 amide bonds. The molecule has 0 saturated heterocycles. The highest BCUT2D eigenvalue weighted by Gasteiger charge is 2.30. The van der Waals surface area contributed by atoms with Crippen LogP contribution in [0.3, 0.4) is 0 Å². The zero-order valence-electron chi connectivity index (χ0n) is 16.3. The Balaban J connectivity index is 1.51. The molecular weight excluding hydrogens is 414 g/mol. The number of hydrogen-bond donors (Lipinski definition) is 1. The summed E-state index contributed by atoms with van der Waals surface area (Å²) in [5.41, 5.74) is 5.17. The Morgan fingerprint density at radius 3 is 2.87 bits per heavy atom. The van der Waals surface area contributed by atoms with E-state index < -0.39 is 0 Å². The van der Waals surface area contributed by atoms with E-state index in [4.69, 9.17) is 4.74 Å². The van der Waals surface area contributed by atoms with E-state index in [0.717, 1.165) is 50.0 Å². The van der Waals surface area contributed by atoms with Gasteiger partial charge in [-0.2, -0.15) is 0 Å². The number of fused-ring (bicyclic) bond motifs is 3. The molecule has 0 bridgehead atoms. The van der Waals surface area contributed by atoms with Crippen LogP contribution in [0.1, 0.15) is 32.1 Å². The van der Waals surface area contributed by atoms with Crippen molar-refractivity contribution in [3.63, 3.8) is 0 Å². The lowest BCUT2D eigenvalue weighted by Crippen LogP contribution is -2.23. The van der Waals surface area contributed by atoms with Gasteiger partial charge in [0.15, 0.2) is 5.06 Å². The summed E-state index contributed by atoms with van der Waals surface area (Å²) in [4.78, 5) is 19.2. The van der Waals surface area contributed by atoms with E-state index in [0.29, 0.717) is 12.3 Å². The maximum absolute atomic E-state index is 13.1. The zero-order valence-corrected chi connectivity index (χ0v) is 18.0. The Morgan fingerprint density at radius 2 is 2.03 bits per heavy atom. The molecule has 1 aromatic carbocycles. The Hall–Kier alpha value is -3.03. The summed E-state index contributed by atoms with van der Waals surface area (Å²) in [6, 6.07) is 13.7. The van der Waals surface area contributed by atoms with Crippen molar-refractivity contribution in [2.24, 2.45) is 0 Å². The monoisotopic (exact) mass is 433 g/mol. The second-order valence-corrected chi connectivity index (χ2v) is 8.89. The number of ether oxygens (including phenoxy) is 1. The van der Waals surface area contributed by atoms with Crippen molar-refractivity contribution < 1.29 is 9.53 Å². The van der Waals surface area contributed by atoms with Crippen molar-refractivity contribution in [3.8, 4) is 21.3 Å². The van der Waals surface area contributed by atoms with E-state index in [1.54, 1.807) is 6.20 Å². The van der Waals surface area contributed by atoms with Crippen molar-refractivity contribution in [1.82, 2.24) is 14.7 Å². The van der Waals surface area contributed by atoms with Gasteiger partial charge in [-0.25, -0.2) is 4.37 Å². The molecule has 5 rings (SSSR count). The summed E-state index contributed by atoms with van der Waals surface area (Å²) in [6.07, 6.45) is 5.37. The van der Waals surface area contributed by atoms with Crippen molar-refractivity contribution in [2.45, 2.75) is 26.3 Å². The van der Waals surface area contributed by atoms with E-state index in [-0.39, 0.29) is 5.91 Å². The number of pyridine rings is 1. The van der Waals surface area contributed by atoms with Gasteiger partial charge in [0.05, 0.1) is 21.0 Å². The first-order chi connectivity index (χ1) is 14.7. The van der Waals surface area contributed by atoms with Gasteiger partial charge in [-0.1, -0.05) is 41.7 Å². The largest absolute Gasteiger partial charge is 0.444 e. The van der Waals surface area contributed by atoms with Gasteiger partial charge in [0, 0.05) is 18.9 Å². The van der Waals surface area contributed by atoms with Gasteiger partial charge in [-0.3, -0.25) is 9.78 Å². The molecule has 150 valence electrons. The maximum atomic E-state index is 13.1. The molecule has 0 spiro atoms. The van der Waals surface area contributed by atoms with E-state index in [9.17, 15) is 4.79 Å². The SMILES string of the molecule is Cc1ncccc1Oc1sc(C(=O)NCc2ccccc2)c2c1-c1sncc1CC2. The highest BCUT2D eigenvalue weighted by molar-refractivity contribution is 7.17. The van der Waals surface area contributed by atoms with E-state index >= 15 is 0 Å². The van der Waals surface area contributed by atoms with Gasteiger partial charge >= 0.3 is 0 Å². The Labute approximate surface area is 182 Å². The van der Waals surface area contributed by atoms with Crippen LogP contribution in [0.25, 0.3) is 10.4 Å². The first kappa shape index (κ1) is 19.0. The minimum absolute atomic E-state index is 0.0640. The van der Waals surface area contributed by atoms with Crippen LogP contribution in [0.15, 0.2) is 54.9 Å². The molecule has 5 nitrogen and oxygen atoms in total. The van der Waals surface area contributed by atoms with Crippen LogP contribution in [0.5, 0.6) is 10.8 Å². The zero-order chi connectivity index (χ0) is 20.5. The molecule has 0 radical (unpaired) electrons. The second-order valence-electron chi connectivity index (χ2n) is 7.11. The van der Waals surface area contributed by atoms with Gasteiger partial charge in [0.2, 0.25) is 0 Å². The lowest BCUT2D eigenvalue weighted by molar-refractivity contribution is 0.0954. The van der Waals surface area contributed by atoms with Crippen LogP contribution in [0.2, 0.25) is 0 Å². The average Bonchev–Trinajstić information content (AvgIpc) is 3.39. The molecule has 0 fully saturated rings. The highest BCUT2D eigenvalue weighted by atomic mass is 32.1. The van der Waals surface area contributed by atoms with Gasteiger partial charge in [-0.15, -0.1) is 0 Å². The van der Waals surface area contributed by atoms with Crippen LogP contribution in [0, 0.1) is 6.92 Å². The summed E-state index contributed by atoms with van der Waals surface area (Å²) in [5, 5.41) is 3.80. The predicted molar refractivity (Wildman–Crippen MR) is 119 cm³/mol. The Kier molecular flexibility index (Phi) is 5.06. The number of hydrogen-bond acceptors (Lipinski definition) is 6. The Bertz CT molecular complexity index is 1210. The molecule has 7 heteroatoms. The quantitative estimate of drug-likeness (QED) is 0.458. The number of benzene rings is 1. The highest BCUT2D eigenvalue weighted by Crippen LogP contribution is 2.50. The van der Waals surface area contributed by atoms with Crippen LogP contribution in [-0.2, 0) is 19.4 Å². The van der Waals surface area contributed by atoms with Gasteiger partial charge in [0.1, 0.15) is 5.75 Å². The normalized spacial score (nSPS) is 12.2. The minimum Gasteiger partial charge on any atom is -0.444 e. The standard InChI is InChI=1S/C23H19N3O2S2/c1-14-18(8-5-11-24-14)28-23-19-17(10-9-16-13-26-30-20(16)19)21(29-23)22(27)25-12-15-6-3-2-4-7-15/h2-8,11,13H,9-10,12H2,1H3,(H,25,27). The van der Waals surface area contributed by atoms with Gasteiger partial charge in [-0.05, 0) is 60.1 Å². The van der Waals surface area contributed by atoms with E-state index in [1.807, 2.05) is 55.6 Å². The predicted octanol–water partition coefficient (Wildman–Crippen LogP) is 5.40. The molecule has 1 N–H and O–H groups in total. The summed E-state index contributed by atoms with van der Waals surface area (Å²) in [7, 11) is 0. The van der Waals surface area contributed by atoms with Gasteiger partial charge < -0.3 is 10.1 Å². The molecule has 1 aliphatic carbocycles. The van der Waals surface area contributed by atoms with Crippen LogP contribution < -0.4 is 10.1 Å². The second kappa shape index (κ2) is 8.01. The minimum atomic E-state index is -0.0640. The summed E-state index contributed by atoms with van der Waals surface area (Å²) in [5.74, 6) is 0.639. The van der Waals surface area contributed by atoms with E-state index in [2.05, 4.69) is 14.7 Å². The first-order valence-electron chi connectivity index (χ1n) is 9.72. The average molecular weight is 434 g/mol. The number of nitrogens with zero attached hydrogens (tertiary/aromatic N) is 2. The van der Waals surface area contributed by atoms with Crippen LogP contribution in [-0.4, -0.2) is 15.3 Å². The van der Waals surface area contributed by atoms with Crippen molar-refractivity contribution >= 4 is 28.8 Å². The maximum Gasteiger partial charge on any atom is 0.262 e. The number of nitrogens with one attached hydrogen (secondary N) is 1. The van der Waals surface area contributed by atoms with Crippen molar-refractivity contribution in [2.75, 3.05) is 0 Å². The molecule has 4 aromatic rings. The topological polar surface area (TPSA) is 64.1 Å². The van der Waals surface area contributed by atoms with Crippen molar-refractivity contribution in [1.29, 1.82) is 0 Å². The molecule has 0 unspecified atom stereocenters. The van der Waals surface area contributed by atoms with Crippen LogP contribution >= 0.6 is 22.9 Å². The first-order valence-corrected chi connectivity index (χ1v) is 11.3. The molecular formula is C23H19N3O2S2. The Morgan fingerprint density at radius 1 is 1.17 bits per heavy atom. The number of amides is 1. The fraction of sp³-hybridized carbons (Fsp3) is 0.174. The smallest absolute Gasteiger partial charge is 0.262 e. The molecule has 1 aliphatic rings. The summed E-state index contributed by atoms with van der Waals surface area (Å²) < 4.78 is 10.7. The lowest BCUT2D eigenvalue weighted by Gasteiger charge is -2.14. The summed E-state index contributed by atoms with van der Waals surface area (Å²) >= 11 is 2.87. The third-order valence-electron chi connectivity index (χ3n) is 5.15. The summed E-state index contributed by atoms with van der Waals surface area (Å²) in [6.45, 7) is 2.41. The molecule has 30 heavy (non-hydrogen) atoms. The number of aromatic nitrogens is 2. The number of carbonyl (C=O) groups is 1. The van der Waals surface area contributed by atoms with E-state index in [1.165, 1.54) is 28.4 Å². The van der Waals surface area contributed by atoms with Gasteiger partial charge in [0.25, 0.3) is 5.91 Å². The number of thiophene rings is 1. The molecule has 3 heterocycles. The number of aryl methyl sites for hydroxylation is 2. The number of carbonyl (C=O) groups excluding carboxylic acids is 1. The molecule has 0 aliphatic heterocycles. The third kappa shape index (κ3) is 3.51. The fourth-order valence-electron chi connectivity index (χ4n) is 3.61.